The molecule has 1 aliphatic rings. The lowest BCUT2D eigenvalue weighted by Gasteiger charge is -2.33. The normalized spacial score (nSPS) is 16.3. The van der Waals surface area contributed by atoms with Gasteiger partial charge in [-0.2, -0.15) is 13.2 Å². The maximum absolute atomic E-state index is 13.5. The number of carbonyl (C=O) groups is 1. The van der Waals surface area contributed by atoms with Crippen LogP contribution < -0.4 is 5.32 Å². The predicted molar refractivity (Wildman–Crippen MR) is 103 cm³/mol. The van der Waals surface area contributed by atoms with Gasteiger partial charge in [0.05, 0.1) is 5.56 Å². The van der Waals surface area contributed by atoms with E-state index in [1.165, 1.54) is 12.1 Å². The number of likely N-dealkylation sites (N-methyl/N-ethyl adjacent to an activating group) is 1. The van der Waals surface area contributed by atoms with Crippen LogP contribution in [0.2, 0.25) is 0 Å². The molecule has 2 rings (SSSR count). The van der Waals surface area contributed by atoms with Crippen molar-refractivity contribution in [2.75, 3.05) is 45.2 Å². The van der Waals surface area contributed by atoms with Crippen LogP contribution in [0.4, 0.5) is 18.9 Å². The molecule has 28 heavy (non-hydrogen) atoms. The number of anilines is 1. The molecular formula is C20H26F3N3O2. The topological polar surface area (TPSA) is 44.8 Å². The summed E-state index contributed by atoms with van der Waals surface area (Å²) in [6.45, 7) is 8.37. The molecule has 1 saturated heterocycles. The number of hydrogen-bond acceptors (Lipinski definition) is 4. The van der Waals surface area contributed by atoms with Crippen molar-refractivity contribution in [3.05, 3.63) is 53.8 Å². The van der Waals surface area contributed by atoms with Gasteiger partial charge in [0.1, 0.15) is 5.76 Å². The van der Waals surface area contributed by atoms with Gasteiger partial charge >= 0.3 is 6.18 Å². The average molecular weight is 397 g/mol. The molecular weight excluding hydrogens is 371 g/mol. The zero-order valence-corrected chi connectivity index (χ0v) is 16.2. The second-order valence-electron chi connectivity index (χ2n) is 6.75. The van der Waals surface area contributed by atoms with E-state index in [0.717, 1.165) is 32.2 Å². The van der Waals surface area contributed by atoms with Crippen LogP contribution in [0.1, 0.15) is 18.1 Å². The Morgan fingerprint density at radius 3 is 2.57 bits per heavy atom. The highest BCUT2D eigenvalue weighted by molar-refractivity contribution is 5.91. The third-order valence-corrected chi connectivity index (χ3v) is 4.43. The summed E-state index contributed by atoms with van der Waals surface area (Å²) in [6.07, 6.45) is -1.21. The zero-order valence-electron chi connectivity index (χ0n) is 16.2. The standard InChI is InChI=1S/C20H26F3N3O2/c1-4-5-15(2)28-14-19(27)24-17-7-6-16(18(12-17)20(21,22)23)13-26-10-8-25(3)9-11-26/h4-7,12H,2,8-11,13-14H2,1,3H3,(H,24,27)/b5-4-. The Bertz CT molecular complexity index is 724. The molecule has 154 valence electrons. The van der Waals surface area contributed by atoms with E-state index in [4.69, 9.17) is 4.74 Å². The van der Waals surface area contributed by atoms with E-state index < -0.39 is 17.6 Å². The molecule has 0 atom stereocenters. The highest BCUT2D eigenvalue weighted by Gasteiger charge is 2.34. The quantitative estimate of drug-likeness (QED) is 0.565. The molecule has 0 spiro atoms. The fraction of sp³-hybridized carbons (Fsp3) is 0.450. The minimum absolute atomic E-state index is 0.0831. The van der Waals surface area contributed by atoms with Crippen molar-refractivity contribution >= 4 is 11.6 Å². The summed E-state index contributed by atoms with van der Waals surface area (Å²) in [6, 6.07) is 3.89. The molecule has 8 heteroatoms. The van der Waals surface area contributed by atoms with E-state index in [0.29, 0.717) is 5.76 Å². The third kappa shape index (κ3) is 6.69. The molecule has 1 aromatic rings. The van der Waals surface area contributed by atoms with Gasteiger partial charge in [0, 0.05) is 38.4 Å². The van der Waals surface area contributed by atoms with Crippen molar-refractivity contribution in [2.45, 2.75) is 19.6 Å². The molecule has 0 aromatic heterocycles. The van der Waals surface area contributed by atoms with Crippen molar-refractivity contribution in [2.24, 2.45) is 0 Å². The molecule has 0 aliphatic carbocycles. The Labute approximate surface area is 163 Å². The summed E-state index contributed by atoms with van der Waals surface area (Å²) in [4.78, 5) is 16.1. The summed E-state index contributed by atoms with van der Waals surface area (Å²) in [5.74, 6) is -0.248. The van der Waals surface area contributed by atoms with Crippen molar-refractivity contribution < 1.29 is 22.7 Å². The van der Waals surface area contributed by atoms with E-state index in [-0.39, 0.29) is 24.4 Å². The number of rotatable bonds is 7. The van der Waals surface area contributed by atoms with Gasteiger partial charge in [-0.25, -0.2) is 0 Å². The molecule has 0 saturated carbocycles. The Hall–Kier alpha value is -2.32. The fourth-order valence-corrected chi connectivity index (χ4v) is 2.89. The second kappa shape index (κ2) is 9.75. The van der Waals surface area contributed by atoms with Gasteiger partial charge in [0.15, 0.2) is 6.61 Å². The van der Waals surface area contributed by atoms with Crippen molar-refractivity contribution in [3.8, 4) is 0 Å². The predicted octanol–water partition coefficient (Wildman–Crippen LogP) is 3.50. The lowest BCUT2D eigenvalue weighted by molar-refractivity contribution is -0.138. The van der Waals surface area contributed by atoms with Gasteiger partial charge < -0.3 is 15.0 Å². The number of allylic oxidation sites excluding steroid dienone is 2. The number of nitrogens with one attached hydrogen (secondary N) is 1. The van der Waals surface area contributed by atoms with E-state index >= 15 is 0 Å². The van der Waals surface area contributed by atoms with Gasteiger partial charge in [0.25, 0.3) is 5.91 Å². The van der Waals surface area contributed by atoms with Crippen molar-refractivity contribution in [3.63, 3.8) is 0 Å². The third-order valence-electron chi connectivity index (χ3n) is 4.43. The molecule has 5 nitrogen and oxygen atoms in total. The molecule has 1 amide bonds. The highest BCUT2D eigenvalue weighted by Crippen LogP contribution is 2.34. The molecule has 0 bridgehead atoms. The lowest BCUT2D eigenvalue weighted by Crippen LogP contribution is -2.44. The van der Waals surface area contributed by atoms with Gasteiger partial charge in [-0.05, 0) is 37.7 Å². The molecule has 1 heterocycles. The van der Waals surface area contributed by atoms with Crippen LogP contribution in [0.15, 0.2) is 42.7 Å². The number of nitrogens with zero attached hydrogens (tertiary/aromatic N) is 2. The van der Waals surface area contributed by atoms with E-state index in [1.807, 2.05) is 11.9 Å². The molecule has 0 radical (unpaired) electrons. The van der Waals surface area contributed by atoms with Crippen LogP contribution in [-0.2, 0) is 22.3 Å². The minimum Gasteiger partial charge on any atom is -0.484 e. The molecule has 1 aliphatic heterocycles. The van der Waals surface area contributed by atoms with Crippen LogP contribution in [0, 0.1) is 0 Å². The van der Waals surface area contributed by atoms with Crippen molar-refractivity contribution in [1.82, 2.24) is 9.80 Å². The summed E-state index contributed by atoms with van der Waals surface area (Å²) >= 11 is 0. The summed E-state index contributed by atoms with van der Waals surface area (Å²) in [5, 5.41) is 2.44. The molecule has 0 unspecified atom stereocenters. The Morgan fingerprint density at radius 2 is 1.96 bits per heavy atom. The van der Waals surface area contributed by atoms with Crippen LogP contribution in [0.5, 0.6) is 0 Å². The van der Waals surface area contributed by atoms with Crippen molar-refractivity contribution in [1.29, 1.82) is 0 Å². The van der Waals surface area contributed by atoms with E-state index in [9.17, 15) is 18.0 Å². The van der Waals surface area contributed by atoms with Gasteiger partial charge in [-0.3, -0.25) is 9.69 Å². The largest absolute Gasteiger partial charge is 0.484 e. The molecule has 1 fully saturated rings. The lowest BCUT2D eigenvalue weighted by atomic mass is 10.0. The first-order chi connectivity index (χ1) is 13.2. The Morgan fingerprint density at radius 1 is 1.29 bits per heavy atom. The van der Waals surface area contributed by atoms with Gasteiger partial charge in [-0.15, -0.1) is 0 Å². The summed E-state index contributed by atoms with van der Waals surface area (Å²) in [7, 11) is 1.99. The second-order valence-corrected chi connectivity index (χ2v) is 6.75. The number of amides is 1. The number of piperazine rings is 1. The average Bonchev–Trinajstić information content (AvgIpc) is 2.62. The maximum Gasteiger partial charge on any atom is 0.416 e. The van der Waals surface area contributed by atoms with Gasteiger partial charge in [-0.1, -0.05) is 18.7 Å². The maximum atomic E-state index is 13.5. The number of hydrogen-bond donors (Lipinski definition) is 1. The molecule has 1 N–H and O–H groups in total. The zero-order chi connectivity index (χ0) is 20.7. The first-order valence-corrected chi connectivity index (χ1v) is 9.04. The SMILES string of the molecule is C=C(/C=C\C)OCC(=O)Nc1ccc(CN2CCN(C)CC2)c(C(F)(F)F)c1. The molecule has 1 aromatic carbocycles. The van der Waals surface area contributed by atoms with Gasteiger partial charge in [0.2, 0.25) is 0 Å². The number of benzene rings is 1. The van der Waals surface area contributed by atoms with Crippen LogP contribution in [0.25, 0.3) is 0 Å². The number of carbonyl (C=O) groups excluding carboxylic acids is 1. The summed E-state index contributed by atoms with van der Waals surface area (Å²) < 4.78 is 45.7. The van der Waals surface area contributed by atoms with E-state index in [1.54, 1.807) is 19.1 Å². The van der Waals surface area contributed by atoms with Crippen LogP contribution >= 0.6 is 0 Å². The monoisotopic (exact) mass is 397 g/mol. The Kier molecular flexibility index (Phi) is 7.65. The van der Waals surface area contributed by atoms with Crippen LogP contribution in [-0.4, -0.2) is 55.5 Å². The Balaban J connectivity index is 2.06. The summed E-state index contributed by atoms with van der Waals surface area (Å²) in [5.41, 5.74) is -0.448. The minimum atomic E-state index is -4.50. The van der Waals surface area contributed by atoms with E-state index in [2.05, 4.69) is 16.8 Å². The number of halogens is 3. The van der Waals surface area contributed by atoms with Crippen LogP contribution in [0.3, 0.4) is 0 Å². The fourth-order valence-electron chi connectivity index (χ4n) is 2.89. The smallest absolute Gasteiger partial charge is 0.416 e. The first-order valence-electron chi connectivity index (χ1n) is 9.04. The first kappa shape index (κ1) is 22.0. The highest BCUT2D eigenvalue weighted by atomic mass is 19.4. The number of ether oxygens (including phenoxy) is 1. The number of alkyl halides is 3.